The maximum atomic E-state index is 13.0. The second-order valence-electron chi connectivity index (χ2n) is 12.2. The van der Waals surface area contributed by atoms with Crippen LogP contribution in [0.5, 0.6) is 0 Å². The number of aromatic nitrogens is 4. The first-order chi connectivity index (χ1) is 21.8. The van der Waals surface area contributed by atoms with E-state index in [0.717, 1.165) is 71.0 Å². The van der Waals surface area contributed by atoms with Crippen molar-refractivity contribution in [2.45, 2.75) is 57.7 Å². The van der Waals surface area contributed by atoms with Crippen LogP contribution in [-0.2, 0) is 14.4 Å². The number of aromatic amines is 2. The highest BCUT2D eigenvalue weighted by molar-refractivity contribution is 5.82. The van der Waals surface area contributed by atoms with Crippen LogP contribution in [0.4, 0.5) is 0 Å². The molecule has 0 aliphatic carbocycles. The van der Waals surface area contributed by atoms with Gasteiger partial charge in [-0.05, 0) is 53.9 Å². The molecule has 0 radical (unpaired) electrons. The number of rotatable bonds is 10. The minimum Gasteiger partial charge on any atom is -0.350 e. The molecule has 0 bridgehead atoms. The van der Waals surface area contributed by atoms with Gasteiger partial charge >= 0.3 is 0 Å². The van der Waals surface area contributed by atoms with Crippen molar-refractivity contribution >= 4 is 18.2 Å². The van der Waals surface area contributed by atoms with Crippen molar-refractivity contribution in [2.75, 3.05) is 19.6 Å². The molecule has 3 amide bonds. The lowest BCUT2D eigenvalue weighted by Crippen LogP contribution is -2.46. The molecular weight excluding hydrogens is 568 g/mol. The zero-order chi connectivity index (χ0) is 31.5. The zero-order valence-corrected chi connectivity index (χ0v) is 25.7. The average Bonchev–Trinajstić information content (AvgIpc) is 3.89. The molecule has 2 fully saturated rings. The Labute approximate surface area is 262 Å². The molecule has 3 atom stereocenters. The Balaban J connectivity index is 1.11. The first kappa shape index (κ1) is 30.3. The van der Waals surface area contributed by atoms with Crippen molar-refractivity contribution in [2.24, 2.45) is 11.7 Å². The summed E-state index contributed by atoms with van der Waals surface area (Å²) in [6.07, 6.45) is 7.73. The number of nitrogens with one attached hydrogen (secondary N) is 3. The van der Waals surface area contributed by atoms with Gasteiger partial charge in [-0.2, -0.15) is 0 Å². The number of nitrogens with zero attached hydrogens (tertiary/aromatic N) is 4. The minimum atomic E-state index is -0.503. The highest BCUT2D eigenvalue weighted by atomic mass is 16.2. The maximum Gasteiger partial charge on any atom is 0.242 e. The number of likely N-dealkylation sites (tertiary alicyclic amines) is 2. The van der Waals surface area contributed by atoms with Gasteiger partial charge in [0.25, 0.3) is 0 Å². The van der Waals surface area contributed by atoms with Crippen LogP contribution in [0.3, 0.4) is 0 Å². The molecule has 234 valence electrons. The Kier molecular flexibility index (Phi) is 8.79. The molecule has 2 aliphatic rings. The van der Waals surface area contributed by atoms with Gasteiger partial charge in [0, 0.05) is 13.1 Å². The second kappa shape index (κ2) is 13.1. The van der Waals surface area contributed by atoms with Gasteiger partial charge in [-0.25, -0.2) is 9.97 Å². The zero-order valence-electron chi connectivity index (χ0n) is 25.7. The Hall–Kier alpha value is -4.77. The standard InChI is InChI=1S/C34H40N8O3/c1-21(2)31(35)34(45)42-16-4-6-29(42)33-38-18-27(40-33)25-13-9-23(10-14-25)22-7-11-24(12-8-22)26-17-37-32(39-26)28-5-3-15-41(28)30(44)19-36-20-43/h7-14,17-18,20-21,28-29,31H,3-6,15-16,19,35H2,1-2H3,(H,36,43)(H,37,39)(H,38,40). The predicted molar refractivity (Wildman–Crippen MR) is 171 cm³/mol. The van der Waals surface area contributed by atoms with Crippen LogP contribution in [0.15, 0.2) is 60.9 Å². The van der Waals surface area contributed by atoms with E-state index in [4.69, 9.17) is 5.73 Å². The van der Waals surface area contributed by atoms with E-state index >= 15 is 0 Å². The lowest BCUT2D eigenvalue weighted by Gasteiger charge is -2.27. The number of carbonyl (C=O) groups is 3. The summed E-state index contributed by atoms with van der Waals surface area (Å²) in [5.74, 6) is 1.53. The van der Waals surface area contributed by atoms with E-state index in [1.807, 2.05) is 31.1 Å². The number of H-pyrrole nitrogens is 2. The van der Waals surface area contributed by atoms with Crippen LogP contribution in [0, 0.1) is 5.92 Å². The third-order valence-corrected chi connectivity index (χ3v) is 9.00. The molecule has 2 aromatic heterocycles. The van der Waals surface area contributed by atoms with Crippen molar-refractivity contribution in [1.82, 2.24) is 35.1 Å². The number of amides is 3. The number of nitrogens with two attached hydrogens (primary N) is 1. The van der Waals surface area contributed by atoms with Gasteiger partial charge in [0.1, 0.15) is 11.6 Å². The summed E-state index contributed by atoms with van der Waals surface area (Å²) in [5.41, 5.74) is 12.2. The molecule has 11 nitrogen and oxygen atoms in total. The summed E-state index contributed by atoms with van der Waals surface area (Å²) in [6.45, 7) is 5.30. The lowest BCUT2D eigenvalue weighted by atomic mass is 10.0. The first-order valence-electron chi connectivity index (χ1n) is 15.7. The van der Waals surface area contributed by atoms with E-state index in [2.05, 4.69) is 73.8 Å². The van der Waals surface area contributed by atoms with Crippen molar-refractivity contribution in [1.29, 1.82) is 0 Å². The van der Waals surface area contributed by atoms with Crippen molar-refractivity contribution < 1.29 is 14.4 Å². The van der Waals surface area contributed by atoms with Gasteiger partial charge in [0.05, 0.1) is 48.5 Å². The fourth-order valence-corrected chi connectivity index (χ4v) is 6.36. The molecular formula is C34H40N8O3. The monoisotopic (exact) mass is 608 g/mol. The van der Waals surface area contributed by atoms with E-state index < -0.39 is 6.04 Å². The number of hydrogen-bond donors (Lipinski definition) is 4. The van der Waals surface area contributed by atoms with Gasteiger partial charge in [-0.1, -0.05) is 62.4 Å². The molecule has 2 aliphatic heterocycles. The molecule has 0 saturated carbocycles. The molecule has 5 N–H and O–H groups in total. The van der Waals surface area contributed by atoms with Gasteiger partial charge in [0.15, 0.2) is 0 Å². The summed E-state index contributed by atoms with van der Waals surface area (Å²) in [7, 11) is 0. The fraction of sp³-hybridized carbons (Fsp3) is 0.382. The fourth-order valence-electron chi connectivity index (χ4n) is 6.36. The van der Waals surface area contributed by atoms with Gasteiger partial charge in [-0.15, -0.1) is 0 Å². The van der Waals surface area contributed by atoms with E-state index in [1.54, 1.807) is 4.90 Å². The Morgan fingerprint density at radius 3 is 1.80 bits per heavy atom. The lowest BCUT2D eigenvalue weighted by molar-refractivity contribution is -0.134. The number of imidazole rings is 2. The molecule has 0 spiro atoms. The first-order valence-corrected chi connectivity index (χ1v) is 15.7. The largest absolute Gasteiger partial charge is 0.350 e. The Morgan fingerprint density at radius 1 is 0.844 bits per heavy atom. The molecule has 2 aromatic carbocycles. The summed E-state index contributed by atoms with van der Waals surface area (Å²) in [5, 5.41) is 2.46. The minimum absolute atomic E-state index is 0.00550. The quantitative estimate of drug-likeness (QED) is 0.198. The molecule has 11 heteroatoms. The molecule has 4 aromatic rings. The molecule has 4 heterocycles. The topological polar surface area (TPSA) is 153 Å². The van der Waals surface area contributed by atoms with Crippen LogP contribution < -0.4 is 11.1 Å². The van der Waals surface area contributed by atoms with E-state index in [9.17, 15) is 14.4 Å². The van der Waals surface area contributed by atoms with E-state index in [0.29, 0.717) is 19.5 Å². The predicted octanol–water partition coefficient (Wildman–Crippen LogP) is 4.19. The van der Waals surface area contributed by atoms with E-state index in [-0.39, 0.29) is 36.4 Å². The smallest absolute Gasteiger partial charge is 0.242 e. The van der Waals surface area contributed by atoms with Crippen LogP contribution >= 0.6 is 0 Å². The normalized spacial score (nSPS) is 18.8. The maximum absolute atomic E-state index is 13.0. The van der Waals surface area contributed by atoms with Crippen LogP contribution in [0.2, 0.25) is 0 Å². The molecule has 45 heavy (non-hydrogen) atoms. The van der Waals surface area contributed by atoms with Gasteiger partial charge in [0.2, 0.25) is 18.2 Å². The second-order valence-corrected chi connectivity index (χ2v) is 12.2. The van der Waals surface area contributed by atoms with Gasteiger partial charge in [-0.3, -0.25) is 14.4 Å². The molecule has 3 unspecified atom stereocenters. The Bertz CT molecular complexity index is 1640. The SMILES string of the molecule is CC(C)C(N)C(=O)N1CCCC1c1ncc(-c2ccc(-c3ccc(-c4cnc(C5CCCN5C(=O)CNC=O)[nH]4)cc3)cc2)[nH]1. The highest BCUT2D eigenvalue weighted by Gasteiger charge is 2.35. The number of benzene rings is 2. The molecule has 6 rings (SSSR count). The summed E-state index contributed by atoms with van der Waals surface area (Å²) >= 11 is 0. The highest BCUT2D eigenvalue weighted by Crippen LogP contribution is 2.34. The van der Waals surface area contributed by atoms with Crippen molar-refractivity contribution in [3.8, 4) is 33.6 Å². The third kappa shape index (κ3) is 6.26. The summed E-state index contributed by atoms with van der Waals surface area (Å²) in [6, 6.07) is 15.9. The van der Waals surface area contributed by atoms with Crippen LogP contribution in [0.1, 0.15) is 63.3 Å². The third-order valence-electron chi connectivity index (χ3n) is 9.00. The summed E-state index contributed by atoms with van der Waals surface area (Å²) in [4.78, 5) is 55.8. The van der Waals surface area contributed by atoms with Crippen LogP contribution in [0.25, 0.3) is 33.6 Å². The van der Waals surface area contributed by atoms with Crippen molar-refractivity contribution in [3.05, 3.63) is 72.6 Å². The van der Waals surface area contributed by atoms with Crippen molar-refractivity contribution in [3.63, 3.8) is 0 Å². The number of carbonyl (C=O) groups excluding carboxylic acids is 3. The summed E-state index contributed by atoms with van der Waals surface area (Å²) < 4.78 is 0. The van der Waals surface area contributed by atoms with Crippen LogP contribution in [-0.4, -0.2) is 73.6 Å². The Morgan fingerprint density at radius 2 is 1.31 bits per heavy atom. The molecule has 2 saturated heterocycles. The van der Waals surface area contributed by atoms with Gasteiger partial charge < -0.3 is 30.8 Å². The van der Waals surface area contributed by atoms with E-state index in [1.165, 1.54) is 0 Å². The number of hydrogen-bond acceptors (Lipinski definition) is 6. The average molecular weight is 609 g/mol.